The highest BCUT2D eigenvalue weighted by atomic mass is 16.7. The summed E-state index contributed by atoms with van der Waals surface area (Å²) in [4.78, 5) is 0. The highest BCUT2D eigenvalue weighted by Crippen LogP contribution is 2.37. The quantitative estimate of drug-likeness (QED) is 0.867. The van der Waals surface area contributed by atoms with Crippen LogP contribution in [0.2, 0.25) is 0 Å². The average Bonchev–Trinajstić information content (AvgIpc) is 2.56. The lowest BCUT2D eigenvalue weighted by molar-refractivity contribution is 0.00578. The van der Waals surface area contributed by atoms with Crippen molar-refractivity contribution in [1.82, 2.24) is 0 Å². The zero-order valence-corrected chi connectivity index (χ0v) is 14.7. The molecule has 1 aliphatic heterocycles. The summed E-state index contributed by atoms with van der Waals surface area (Å²) in [7, 11) is 1.17. The van der Waals surface area contributed by atoms with Gasteiger partial charge in [0.1, 0.15) is 5.75 Å². The lowest BCUT2D eigenvalue weighted by atomic mass is 9.77. The first-order chi connectivity index (χ1) is 9.95. The first-order valence-electron chi connectivity index (χ1n) is 7.70. The zero-order chi connectivity index (χ0) is 16.8. The van der Waals surface area contributed by atoms with Gasteiger partial charge in [0.05, 0.1) is 23.9 Å². The van der Waals surface area contributed by atoms with E-state index < -0.39 is 23.9 Å². The fraction of sp³-hybridized carbons (Fsp3) is 0.647. The predicted molar refractivity (Wildman–Crippen MR) is 88.7 cm³/mol. The van der Waals surface area contributed by atoms with Crippen LogP contribution in [0.4, 0.5) is 0 Å². The van der Waals surface area contributed by atoms with E-state index in [4.69, 9.17) is 14.0 Å². The standard InChI is InChI=1S/C17H27BO4/c1-15(2,19)11-12-8-9-14(20-7)13(10-12)18-21-16(3,4)17(5,6)22-18/h8-10,19H,11H2,1-7H3. The van der Waals surface area contributed by atoms with Gasteiger partial charge in [-0.25, -0.2) is 0 Å². The van der Waals surface area contributed by atoms with Crippen molar-refractivity contribution in [2.45, 2.75) is 64.8 Å². The van der Waals surface area contributed by atoms with Crippen molar-refractivity contribution in [1.29, 1.82) is 0 Å². The molecule has 0 aromatic heterocycles. The number of aliphatic hydroxyl groups is 1. The van der Waals surface area contributed by atoms with Crippen molar-refractivity contribution in [3.63, 3.8) is 0 Å². The second-order valence-corrected chi connectivity index (χ2v) is 7.65. The molecule has 0 spiro atoms. The molecule has 0 saturated carbocycles. The first-order valence-corrected chi connectivity index (χ1v) is 7.70. The van der Waals surface area contributed by atoms with Gasteiger partial charge in [0, 0.05) is 11.9 Å². The molecular formula is C17H27BO4. The fourth-order valence-electron chi connectivity index (χ4n) is 2.55. The Kier molecular flexibility index (Phi) is 4.37. The second-order valence-electron chi connectivity index (χ2n) is 7.65. The summed E-state index contributed by atoms with van der Waals surface area (Å²) < 4.78 is 17.7. The van der Waals surface area contributed by atoms with E-state index in [0.29, 0.717) is 6.42 Å². The van der Waals surface area contributed by atoms with Crippen LogP contribution in [0, 0.1) is 0 Å². The van der Waals surface area contributed by atoms with E-state index in [9.17, 15) is 5.11 Å². The summed E-state index contributed by atoms with van der Waals surface area (Å²) in [5, 5.41) is 10.0. The van der Waals surface area contributed by atoms with Crippen LogP contribution in [0.3, 0.4) is 0 Å². The maximum absolute atomic E-state index is 10.0. The van der Waals surface area contributed by atoms with Crippen LogP contribution >= 0.6 is 0 Å². The highest BCUT2D eigenvalue weighted by Gasteiger charge is 2.52. The molecule has 122 valence electrons. The zero-order valence-electron chi connectivity index (χ0n) is 14.7. The molecule has 0 atom stereocenters. The van der Waals surface area contributed by atoms with Gasteiger partial charge >= 0.3 is 7.12 Å². The lowest BCUT2D eigenvalue weighted by Gasteiger charge is -2.32. The van der Waals surface area contributed by atoms with Gasteiger partial charge in [0.2, 0.25) is 0 Å². The van der Waals surface area contributed by atoms with Gasteiger partial charge in [-0.05, 0) is 53.2 Å². The Hall–Kier alpha value is -1.04. The van der Waals surface area contributed by atoms with E-state index in [1.165, 1.54) is 0 Å². The number of hydrogen-bond acceptors (Lipinski definition) is 4. The molecule has 0 unspecified atom stereocenters. The SMILES string of the molecule is COc1ccc(CC(C)(C)O)cc1B1OC(C)(C)C(C)(C)O1. The summed E-state index contributed by atoms with van der Waals surface area (Å²) in [6, 6.07) is 5.87. The Labute approximate surface area is 133 Å². The predicted octanol–water partition coefficient (Wildman–Crippen LogP) is 2.31. The molecule has 1 heterocycles. The van der Waals surface area contributed by atoms with Crippen LogP contribution in [0.1, 0.15) is 47.1 Å². The molecule has 4 nitrogen and oxygen atoms in total. The van der Waals surface area contributed by atoms with E-state index >= 15 is 0 Å². The third-order valence-electron chi connectivity index (χ3n) is 4.44. The summed E-state index contributed by atoms with van der Waals surface area (Å²) in [6.07, 6.45) is 0.559. The molecule has 1 aromatic rings. The smallest absolute Gasteiger partial charge is 0.497 e. The Bertz CT molecular complexity index is 530. The normalized spacial score (nSPS) is 20.3. The number of methoxy groups -OCH3 is 1. The van der Waals surface area contributed by atoms with E-state index in [-0.39, 0.29) is 0 Å². The minimum Gasteiger partial charge on any atom is -0.497 e. The average molecular weight is 306 g/mol. The molecular weight excluding hydrogens is 279 g/mol. The topological polar surface area (TPSA) is 47.9 Å². The molecule has 0 amide bonds. The maximum atomic E-state index is 10.0. The molecule has 0 radical (unpaired) electrons. The number of benzene rings is 1. The van der Waals surface area contributed by atoms with E-state index in [1.807, 2.05) is 45.9 Å². The molecule has 1 fully saturated rings. The molecule has 2 rings (SSSR count). The van der Waals surface area contributed by atoms with E-state index in [1.54, 1.807) is 21.0 Å². The summed E-state index contributed by atoms with van der Waals surface area (Å²) in [5.41, 5.74) is 0.340. The summed E-state index contributed by atoms with van der Waals surface area (Å²) in [5.74, 6) is 0.734. The van der Waals surface area contributed by atoms with Gasteiger partial charge < -0.3 is 19.2 Å². The minimum atomic E-state index is -0.762. The first kappa shape index (κ1) is 17.3. The molecule has 1 saturated heterocycles. The van der Waals surface area contributed by atoms with Crippen LogP contribution < -0.4 is 10.2 Å². The van der Waals surface area contributed by atoms with Gasteiger partial charge in [0.25, 0.3) is 0 Å². The molecule has 1 N–H and O–H groups in total. The second kappa shape index (κ2) is 5.55. The van der Waals surface area contributed by atoms with Crippen molar-refractivity contribution < 1.29 is 19.2 Å². The van der Waals surface area contributed by atoms with Crippen molar-refractivity contribution in [2.24, 2.45) is 0 Å². The Morgan fingerprint density at radius 3 is 2.14 bits per heavy atom. The summed E-state index contributed by atoms with van der Waals surface area (Å²) >= 11 is 0. The molecule has 5 heteroatoms. The van der Waals surface area contributed by atoms with Gasteiger partial charge in [-0.2, -0.15) is 0 Å². The Morgan fingerprint density at radius 2 is 1.68 bits per heavy atom. The molecule has 0 aliphatic carbocycles. The largest absolute Gasteiger partial charge is 0.498 e. The van der Waals surface area contributed by atoms with Gasteiger partial charge in [0.15, 0.2) is 0 Å². The molecule has 0 bridgehead atoms. The molecule has 1 aliphatic rings. The minimum absolute atomic E-state index is 0.394. The van der Waals surface area contributed by atoms with Crippen LogP contribution in [0.5, 0.6) is 5.75 Å². The van der Waals surface area contributed by atoms with Gasteiger partial charge in [-0.3, -0.25) is 0 Å². The van der Waals surface area contributed by atoms with Gasteiger partial charge in [-0.1, -0.05) is 12.1 Å². The van der Waals surface area contributed by atoms with Crippen molar-refractivity contribution >= 4 is 12.6 Å². The Balaban J connectivity index is 2.36. The van der Waals surface area contributed by atoms with Crippen LogP contribution in [-0.2, 0) is 15.7 Å². The summed E-state index contributed by atoms with van der Waals surface area (Å²) in [6.45, 7) is 11.7. The van der Waals surface area contributed by atoms with Crippen molar-refractivity contribution in [3.05, 3.63) is 23.8 Å². The highest BCUT2D eigenvalue weighted by molar-refractivity contribution is 6.63. The van der Waals surface area contributed by atoms with Crippen molar-refractivity contribution in [2.75, 3.05) is 7.11 Å². The fourth-order valence-corrected chi connectivity index (χ4v) is 2.55. The maximum Gasteiger partial charge on any atom is 0.498 e. The third kappa shape index (κ3) is 3.48. The van der Waals surface area contributed by atoms with E-state index in [2.05, 4.69) is 0 Å². The lowest BCUT2D eigenvalue weighted by Crippen LogP contribution is -2.41. The number of ether oxygens (including phenoxy) is 1. The van der Waals surface area contributed by atoms with Crippen molar-refractivity contribution in [3.8, 4) is 5.75 Å². The van der Waals surface area contributed by atoms with Crippen LogP contribution in [-0.4, -0.2) is 36.1 Å². The van der Waals surface area contributed by atoms with E-state index in [0.717, 1.165) is 16.8 Å². The molecule has 1 aromatic carbocycles. The molecule has 22 heavy (non-hydrogen) atoms. The van der Waals surface area contributed by atoms with Gasteiger partial charge in [-0.15, -0.1) is 0 Å². The third-order valence-corrected chi connectivity index (χ3v) is 4.44. The Morgan fingerprint density at radius 1 is 1.14 bits per heavy atom. The van der Waals surface area contributed by atoms with Crippen LogP contribution in [0.25, 0.3) is 0 Å². The number of hydrogen-bond donors (Lipinski definition) is 1. The number of rotatable bonds is 4. The monoisotopic (exact) mass is 306 g/mol. The van der Waals surface area contributed by atoms with Crippen LogP contribution in [0.15, 0.2) is 18.2 Å².